The molecule has 2 heterocycles. The number of hydrogen-bond acceptors (Lipinski definition) is 2. The Labute approximate surface area is 124 Å². The molecule has 1 aromatic rings. The molecule has 1 aromatic carbocycles. The lowest BCUT2D eigenvalue weighted by molar-refractivity contribution is -0.137. The molecule has 0 spiro atoms. The maximum Gasteiger partial charge on any atom is 0.418 e. The average molecular weight is 349 g/mol. The average Bonchev–Trinajstić information content (AvgIpc) is 2.69. The van der Waals surface area contributed by atoms with Crippen molar-refractivity contribution >= 4 is 21.6 Å². The number of alkyl halides is 3. The van der Waals surface area contributed by atoms with Crippen molar-refractivity contribution in [1.82, 2.24) is 5.32 Å². The number of rotatable bonds is 1. The van der Waals surface area contributed by atoms with E-state index < -0.39 is 11.7 Å². The van der Waals surface area contributed by atoms with Crippen molar-refractivity contribution < 1.29 is 13.2 Å². The molecule has 1 N–H and O–H groups in total. The molecule has 2 fully saturated rings. The molecule has 2 aliphatic heterocycles. The van der Waals surface area contributed by atoms with E-state index in [4.69, 9.17) is 0 Å². The standard InChI is InChI=1S/C14H16BrF3N2/c15-9-1-4-13(12(7-9)14(16,17)18)20-6-5-10-2-3-11(8-20)19-10/h1,4,7,10-11,19H,2-3,5-6,8H2. The van der Waals surface area contributed by atoms with Gasteiger partial charge in [-0.15, -0.1) is 0 Å². The molecule has 0 saturated carbocycles. The minimum Gasteiger partial charge on any atom is -0.369 e. The Morgan fingerprint density at radius 1 is 1.15 bits per heavy atom. The monoisotopic (exact) mass is 348 g/mol. The van der Waals surface area contributed by atoms with Gasteiger partial charge in [-0.2, -0.15) is 13.2 Å². The highest BCUT2D eigenvalue weighted by molar-refractivity contribution is 9.10. The van der Waals surface area contributed by atoms with E-state index in [1.54, 1.807) is 12.1 Å². The van der Waals surface area contributed by atoms with E-state index in [0.29, 0.717) is 35.3 Å². The fraction of sp³-hybridized carbons (Fsp3) is 0.571. The summed E-state index contributed by atoms with van der Waals surface area (Å²) in [7, 11) is 0. The van der Waals surface area contributed by atoms with Crippen LogP contribution in [0.4, 0.5) is 18.9 Å². The van der Waals surface area contributed by atoms with Gasteiger partial charge in [0.1, 0.15) is 0 Å². The fourth-order valence-electron chi connectivity index (χ4n) is 3.17. The van der Waals surface area contributed by atoms with Crippen molar-refractivity contribution in [3.05, 3.63) is 28.2 Å². The topological polar surface area (TPSA) is 15.3 Å². The molecular formula is C14H16BrF3N2. The van der Waals surface area contributed by atoms with E-state index in [-0.39, 0.29) is 0 Å². The second kappa shape index (κ2) is 5.22. The number of nitrogens with zero attached hydrogens (tertiary/aromatic N) is 1. The van der Waals surface area contributed by atoms with Gasteiger partial charge in [0.15, 0.2) is 0 Å². The van der Waals surface area contributed by atoms with E-state index >= 15 is 0 Å². The van der Waals surface area contributed by atoms with Gasteiger partial charge in [-0.05, 0) is 37.5 Å². The Balaban J connectivity index is 1.93. The first-order chi connectivity index (χ1) is 9.43. The number of fused-ring (bicyclic) bond motifs is 2. The van der Waals surface area contributed by atoms with Gasteiger partial charge in [-0.3, -0.25) is 0 Å². The Morgan fingerprint density at radius 3 is 2.65 bits per heavy atom. The third-order valence-corrected chi connectivity index (χ3v) is 4.62. The lowest BCUT2D eigenvalue weighted by atomic mass is 10.1. The summed E-state index contributed by atoms with van der Waals surface area (Å²) < 4.78 is 40.1. The highest BCUT2D eigenvalue weighted by Gasteiger charge is 2.37. The van der Waals surface area contributed by atoms with Crippen LogP contribution in [0.25, 0.3) is 0 Å². The minimum atomic E-state index is -4.32. The Hall–Kier alpha value is -0.750. The molecule has 3 rings (SSSR count). The fourth-order valence-corrected chi connectivity index (χ4v) is 3.53. The molecule has 0 aromatic heterocycles. The van der Waals surface area contributed by atoms with Gasteiger partial charge in [0, 0.05) is 35.3 Å². The van der Waals surface area contributed by atoms with Gasteiger partial charge in [0.2, 0.25) is 0 Å². The maximum absolute atomic E-state index is 13.2. The van der Waals surface area contributed by atoms with Crippen LogP contribution in [-0.2, 0) is 6.18 Å². The molecule has 2 atom stereocenters. The van der Waals surface area contributed by atoms with E-state index in [2.05, 4.69) is 21.2 Å². The largest absolute Gasteiger partial charge is 0.418 e. The van der Waals surface area contributed by atoms with Crippen LogP contribution in [-0.4, -0.2) is 25.2 Å². The molecule has 110 valence electrons. The first-order valence-corrected chi connectivity index (χ1v) is 7.60. The van der Waals surface area contributed by atoms with Crippen molar-refractivity contribution in [3.63, 3.8) is 0 Å². The molecule has 6 heteroatoms. The predicted molar refractivity (Wildman–Crippen MR) is 75.9 cm³/mol. The molecule has 2 saturated heterocycles. The second-order valence-corrected chi connectivity index (χ2v) is 6.45. The molecule has 2 aliphatic rings. The first kappa shape index (κ1) is 14.2. The summed E-state index contributed by atoms with van der Waals surface area (Å²) in [6.45, 7) is 1.33. The molecule has 2 nitrogen and oxygen atoms in total. The van der Waals surface area contributed by atoms with Crippen molar-refractivity contribution in [1.29, 1.82) is 0 Å². The van der Waals surface area contributed by atoms with Gasteiger partial charge in [-0.1, -0.05) is 15.9 Å². The van der Waals surface area contributed by atoms with Crippen LogP contribution < -0.4 is 10.2 Å². The van der Waals surface area contributed by atoms with Crippen LogP contribution in [0.1, 0.15) is 24.8 Å². The van der Waals surface area contributed by atoms with Crippen LogP contribution in [0.2, 0.25) is 0 Å². The number of nitrogens with one attached hydrogen (secondary N) is 1. The van der Waals surface area contributed by atoms with Crippen LogP contribution >= 0.6 is 15.9 Å². The van der Waals surface area contributed by atoms with Crippen LogP contribution in [0, 0.1) is 0 Å². The van der Waals surface area contributed by atoms with Crippen molar-refractivity contribution in [3.8, 4) is 0 Å². The summed E-state index contributed by atoms with van der Waals surface area (Å²) in [6.07, 6.45) is -1.22. The highest BCUT2D eigenvalue weighted by Crippen LogP contribution is 2.39. The molecule has 20 heavy (non-hydrogen) atoms. The van der Waals surface area contributed by atoms with Gasteiger partial charge in [0.05, 0.1) is 5.56 Å². The zero-order chi connectivity index (χ0) is 14.3. The molecule has 2 bridgehead atoms. The van der Waals surface area contributed by atoms with Crippen LogP contribution in [0.5, 0.6) is 0 Å². The molecular weight excluding hydrogens is 333 g/mol. The van der Waals surface area contributed by atoms with Gasteiger partial charge >= 0.3 is 6.18 Å². The number of halogens is 4. The smallest absolute Gasteiger partial charge is 0.369 e. The van der Waals surface area contributed by atoms with Gasteiger partial charge < -0.3 is 10.2 Å². The second-order valence-electron chi connectivity index (χ2n) is 5.53. The molecule has 0 amide bonds. The Morgan fingerprint density at radius 2 is 1.90 bits per heavy atom. The van der Waals surface area contributed by atoms with E-state index in [0.717, 1.165) is 19.3 Å². The van der Waals surface area contributed by atoms with E-state index in [1.165, 1.54) is 6.07 Å². The predicted octanol–water partition coefficient (Wildman–Crippen LogP) is 3.80. The molecule has 0 aliphatic carbocycles. The summed E-state index contributed by atoms with van der Waals surface area (Å²) in [5.74, 6) is 0. The van der Waals surface area contributed by atoms with Crippen molar-refractivity contribution in [2.24, 2.45) is 0 Å². The zero-order valence-corrected chi connectivity index (χ0v) is 12.5. The van der Waals surface area contributed by atoms with Gasteiger partial charge in [0.25, 0.3) is 0 Å². The summed E-state index contributed by atoms with van der Waals surface area (Å²) in [5, 5.41) is 3.49. The summed E-state index contributed by atoms with van der Waals surface area (Å²) in [6, 6.07) is 5.21. The minimum absolute atomic E-state index is 0.301. The maximum atomic E-state index is 13.2. The van der Waals surface area contributed by atoms with Crippen LogP contribution in [0.15, 0.2) is 22.7 Å². The molecule has 0 radical (unpaired) electrons. The SMILES string of the molecule is FC(F)(F)c1cc(Br)ccc1N1CCC2CCC(C1)N2. The Kier molecular flexibility index (Phi) is 3.71. The number of hydrogen-bond donors (Lipinski definition) is 1. The first-order valence-electron chi connectivity index (χ1n) is 6.81. The van der Waals surface area contributed by atoms with E-state index in [9.17, 15) is 13.2 Å². The highest BCUT2D eigenvalue weighted by atomic mass is 79.9. The van der Waals surface area contributed by atoms with Crippen molar-refractivity contribution in [2.75, 3.05) is 18.0 Å². The van der Waals surface area contributed by atoms with Crippen molar-refractivity contribution in [2.45, 2.75) is 37.5 Å². The normalized spacial score (nSPS) is 26.7. The third kappa shape index (κ3) is 2.81. The quantitative estimate of drug-likeness (QED) is 0.830. The number of benzene rings is 1. The summed E-state index contributed by atoms with van der Waals surface area (Å²) >= 11 is 3.13. The molecule has 2 unspecified atom stereocenters. The van der Waals surface area contributed by atoms with E-state index in [1.807, 2.05) is 4.90 Å². The third-order valence-electron chi connectivity index (χ3n) is 4.13. The lowest BCUT2D eigenvalue weighted by Gasteiger charge is -2.29. The number of anilines is 1. The van der Waals surface area contributed by atoms with Gasteiger partial charge in [-0.25, -0.2) is 0 Å². The summed E-state index contributed by atoms with van der Waals surface area (Å²) in [5.41, 5.74) is -0.250. The summed E-state index contributed by atoms with van der Waals surface area (Å²) in [4.78, 5) is 1.88. The lowest BCUT2D eigenvalue weighted by Crippen LogP contribution is -2.36. The zero-order valence-electron chi connectivity index (χ0n) is 10.9. The Bertz CT molecular complexity index is 504. The van der Waals surface area contributed by atoms with Crippen LogP contribution in [0.3, 0.4) is 0 Å².